The van der Waals surface area contributed by atoms with Crippen LogP contribution in [0.25, 0.3) is 23.7 Å². The molecule has 0 saturated carbocycles. The van der Waals surface area contributed by atoms with E-state index in [0.29, 0.717) is 13.2 Å². The molecule has 2 aliphatic heterocycles. The van der Waals surface area contributed by atoms with Crippen molar-refractivity contribution in [2.75, 3.05) is 13.2 Å². The van der Waals surface area contributed by atoms with Gasteiger partial charge in [0.05, 0.1) is 25.7 Å². The summed E-state index contributed by atoms with van der Waals surface area (Å²) in [5, 5.41) is 4.48. The maximum atomic E-state index is 6.19. The van der Waals surface area contributed by atoms with E-state index in [-0.39, 0.29) is 12.2 Å². The predicted octanol–water partition coefficient (Wildman–Crippen LogP) is 2.29. The van der Waals surface area contributed by atoms with Crippen molar-refractivity contribution in [2.24, 2.45) is 0 Å². The van der Waals surface area contributed by atoms with Crippen LogP contribution in [0, 0.1) is 0 Å². The highest BCUT2D eigenvalue weighted by Crippen LogP contribution is 2.27. The van der Waals surface area contributed by atoms with Gasteiger partial charge in [-0.15, -0.1) is 0 Å². The van der Waals surface area contributed by atoms with Crippen molar-refractivity contribution in [3.8, 4) is 0 Å². The number of fused-ring (bicyclic) bond motifs is 4. The number of hydrogen-bond acceptors (Lipinski definition) is 4. The van der Waals surface area contributed by atoms with Crippen molar-refractivity contribution < 1.29 is 18.9 Å². The van der Waals surface area contributed by atoms with Gasteiger partial charge >= 0.3 is 0 Å². The third-order valence-electron chi connectivity index (χ3n) is 6.16. The van der Waals surface area contributed by atoms with Crippen molar-refractivity contribution >= 4 is 23.7 Å². The first-order valence-corrected chi connectivity index (χ1v) is 11.3. The molecule has 0 saturated heterocycles. The third-order valence-corrected chi connectivity index (χ3v) is 6.16. The summed E-state index contributed by atoms with van der Waals surface area (Å²) in [6, 6.07) is 16.5. The van der Waals surface area contributed by atoms with Crippen LogP contribution in [0.3, 0.4) is 0 Å². The van der Waals surface area contributed by atoms with Gasteiger partial charge in [0.15, 0.2) is 0 Å². The molecule has 0 fully saturated rings. The summed E-state index contributed by atoms with van der Waals surface area (Å²) in [7, 11) is 0. The van der Waals surface area contributed by atoms with Crippen LogP contribution in [-0.2, 0) is 18.9 Å². The Labute approximate surface area is 192 Å². The van der Waals surface area contributed by atoms with Crippen LogP contribution < -0.4 is 20.9 Å². The van der Waals surface area contributed by atoms with E-state index in [2.05, 4.69) is 36.4 Å². The molecule has 0 spiro atoms. The van der Waals surface area contributed by atoms with E-state index in [1.807, 2.05) is 61.1 Å². The average molecular weight is 437 g/mol. The van der Waals surface area contributed by atoms with E-state index >= 15 is 0 Å². The van der Waals surface area contributed by atoms with Gasteiger partial charge in [0, 0.05) is 28.0 Å². The molecule has 2 atom stereocenters. The minimum Gasteiger partial charge on any atom is -0.493 e. The van der Waals surface area contributed by atoms with Crippen LogP contribution in [0.5, 0.6) is 0 Å². The number of benzene rings is 2. The zero-order valence-electron chi connectivity index (χ0n) is 18.1. The van der Waals surface area contributed by atoms with Gasteiger partial charge in [-0.05, 0) is 34.7 Å². The minimum absolute atomic E-state index is 0.105. The van der Waals surface area contributed by atoms with E-state index in [0.717, 1.165) is 50.0 Å². The lowest BCUT2D eigenvalue weighted by Gasteiger charge is -2.26. The van der Waals surface area contributed by atoms with E-state index in [1.165, 1.54) is 0 Å². The van der Waals surface area contributed by atoms with Crippen LogP contribution in [-0.4, -0.2) is 25.4 Å². The normalized spacial score (nSPS) is 21.5. The van der Waals surface area contributed by atoms with Crippen molar-refractivity contribution in [1.82, 2.24) is 0 Å². The van der Waals surface area contributed by atoms with Gasteiger partial charge in [-0.1, -0.05) is 60.7 Å². The largest absolute Gasteiger partial charge is 0.493 e. The van der Waals surface area contributed by atoms with E-state index in [9.17, 15) is 0 Å². The highest BCUT2D eigenvalue weighted by atomic mass is 16.5. The Balaban J connectivity index is 1.14. The van der Waals surface area contributed by atoms with Gasteiger partial charge in [0.25, 0.3) is 0 Å². The van der Waals surface area contributed by atoms with Crippen LogP contribution >= 0.6 is 0 Å². The Hall–Kier alpha value is -3.92. The number of ether oxygens (including phenoxy) is 4. The lowest BCUT2D eigenvalue weighted by atomic mass is 9.97. The molecule has 4 nitrogen and oxygen atoms in total. The molecule has 0 aromatic heterocycles. The molecule has 0 bridgehead atoms. The highest BCUT2D eigenvalue weighted by Gasteiger charge is 2.25. The van der Waals surface area contributed by atoms with Crippen LogP contribution in [0.1, 0.15) is 6.42 Å². The second-order valence-corrected chi connectivity index (χ2v) is 8.23. The first-order chi connectivity index (χ1) is 16.4. The fraction of sp³-hybridized carbons (Fsp3) is 0.172. The summed E-state index contributed by atoms with van der Waals surface area (Å²) in [6.07, 6.45) is 16.3. The molecule has 4 aliphatic rings. The molecule has 6 rings (SSSR count). The SMILES string of the molecule is C1=CC2OC=c3ccccc3=C2C(OCCCOC2=CC=CC3OC=c4ccccc4=C23)=C1. The molecule has 164 valence electrons. The quantitative estimate of drug-likeness (QED) is 0.652. The number of allylic oxidation sites excluding steroid dienone is 4. The zero-order valence-corrected chi connectivity index (χ0v) is 18.1. The van der Waals surface area contributed by atoms with Gasteiger partial charge in [-0.2, -0.15) is 0 Å². The molecule has 0 N–H and O–H groups in total. The summed E-state index contributed by atoms with van der Waals surface area (Å²) >= 11 is 0. The van der Waals surface area contributed by atoms with E-state index in [4.69, 9.17) is 18.9 Å². The topological polar surface area (TPSA) is 36.9 Å². The maximum absolute atomic E-state index is 6.19. The smallest absolute Gasteiger partial charge is 0.146 e. The molecule has 2 aromatic carbocycles. The number of hydrogen-bond donors (Lipinski definition) is 0. The van der Waals surface area contributed by atoms with E-state index in [1.54, 1.807) is 0 Å². The summed E-state index contributed by atoms with van der Waals surface area (Å²) in [6.45, 7) is 1.12. The first kappa shape index (κ1) is 19.7. The second kappa shape index (κ2) is 8.55. The molecule has 4 heteroatoms. The maximum Gasteiger partial charge on any atom is 0.146 e. The molecular formula is C29H24O4. The summed E-state index contributed by atoms with van der Waals surface area (Å²) in [5.41, 5.74) is 2.17. The van der Waals surface area contributed by atoms with Gasteiger partial charge in [-0.3, -0.25) is 0 Å². The molecule has 0 amide bonds. The van der Waals surface area contributed by atoms with Gasteiger partial charge in [-0.25, -0.2) is 0 Å². The van der Waals surface area contributed by atoms with Crippen LogP contribution in [0.15, 0.2) is 96.5 Å². The van der Waals surface area contributed by atoms with E-state index < -0.39 is 0 Å². The Morgan fingerprint density at radius 1 is 0.636 bits per heavy atom. The lowest BCUT2D eigenvalue weighted by molar-refractivity contribution is 0.156. The Morgan fingerprint density at radius 2 is 1.12 bits per heavy atom. The molecule has 2 heterocycles. The summed E-state index contributed by atoms with van der Waals surface area (Å²) in [5.74, 6) is 1.73. The fourth-order valence-corrected chi connectivity index (χ4v) is 4.60. The highest BCUT2D eigenvalue weighted by molar-refractivity contribution is 5.72. The van der Waals surface area contributed by atoms with Crippen molar-refractivity contribution in [3.63, 3.8) is 0 Å². The third kappa shape index (κ3) is 3.68. The Morgan fingerprint density at radius 3 is 1.64 bits per heavy atom. The van der Waals surface area contributed by atoms with Gasteiger partial charge < -0.3 is 18.9 Å². The fourth-order valence-electron chi connectivity index (χ4n) is 4.60. The molecule has 2 unspecified atom stereocenters. The van der Waals surface area contributed by atoms with Gasteiger partial charge in [0.1, 0.15) is 23.7 Å². The lowest BCUT2D eigenvalue weighted by Crippen LogP contribution is -2.37. The van der Waals surface area contributed by atoms with Crippen molar-refractivity contribution in [3.05, 3.63) is 117 Å². The van der Waals surface area contributed by atoms with Crippen molar-refractivity contribution in [2.45, 2.75) is 18.6 Å². The van der Waals surface area contributed by atoms with Crippen LogP contribution in [0.2, 0.25) is 0 Å². The average Bonchev–Trinajstić information content (AvgIpc) is 2.88. The second-order valence-electron chi connectivity index (χ2n) is 8.23. The Kier molecular flexibility index (Phi) is 5.11. The Bertz CT molecular complexity index is 1340. The standard InChI is InChI=1S/C29H24O4/c1-3-10-22-20(8-1)18-32-26-14-5-12-24(28(22)26)30-16-7-17-31-25-13-6-15-27-29(25)23-11-4-2-9-21(23)19-33-27/h1-6,8-15,18-19,26-27H,7,16-17H2. The van der Waals surface area contributed by atoms with Crippen LogP contribution in [0.4, 0.5) is 0 Å². The first-order valence-electron chi connectivity index (χ1n) is 11.3. The zero-order chi connectivity index (χ0) is 22.0. The van der Waals surface area contributed by atoms with Gasteiger partial charge in [0.2, 0.25) is 0 Å². The van der Waals surface area contributed by atoms with Crippen molar-refractivity contribution in [1.29, 1.82) is 0 Å². The molecule has 2 aromatic rings. The summed E-state index contributed by atoms with van der Waals surface area (Å²) in [4.78, 5) is 0. The predicted molar refractivity (Wildman–Crippen MR) is 128 cm³/mol. The number of rotatable bonds is 6. The molecule has 33 heavy (non-hydrogen) atoms. The molecule has 0 radical (unpaired) electrons. The summed E-state index contributed by atoms with van der Waals surface area (Å²) < 4.78 is 24.2. The molecular weight excluding hydrogens is 412 g/mol. The molecule has 2 aliphatic carbocycles. The minimum atomic E-state index is -0.105. The monoisotopic (exact) mass is 436 g/mol.